The zero-order chi connectivity index (χ0) is 18.6. The van der Waals surface area contributed by atoms with E-state index >= 15 is 0 Å². The van der Waals surface area contributed by atoms with E-state index in [4.69, 9.17) is 5.11 Å². The number of hydrogen-bond donors (Lipinski definition) is 2. The van der Waals surface area contributed by atoms with Crippen LogP contribution in [0, 0.1) is 0 Å². The van der Waals surface area contributed by atoms with Crippen LogP contribution >= 0.6 is 0 Å². The van der Waals surface area contributed by atoms with Gasteiger partial charge in [-0.05, 0) is 43.9 Å². The van der Waals surface area contributed by atoms with Gasteiger partial charge in [-0.15, -0.1) is 0 Å². The highest BCUT2D eigenvalue weighted by atomic mass is 32.2. The van der Waals surface area contributed by atoms with Gasteiger partial charge in [0.05, 0.1) is 11.7 Å². The van der Waals surface area contributed by atoms with Crippen molar-refractivity contribution in [2.45, 2.75) is 45.1 Å². The lowest BCUT2D eigenvalue weighted by molar-refractivity contribution is -0.138. The van der Waals surface area contributed by atoms with Crippen LogP contribution in [0.3, 0.4) is 0 Å². The van der Waals surface area contributed by atoms with E-state index in [9.17, 15) is 18.0 Å². The highest BCUT2D eigenvalue weighted by Crippen LogP contribution is 2.24. The largest absolute Gasteiger partial charge is 0.481 e. The van der Waals surface area contributed by atoms with E-state index in [2.05, 4.69) is 5.32 Å². The maximum atomic E-state index is 12.6. The Bertz CT molecular complexity index is 747. The lowest BCUT2D eigenvalue weighted by Crippen LogP contribution is -2.44. The lowest BCUT2D eigenvalue weighted by atomic mass is 10.0. The summed E-state index contributed by atoms with van der Waals surface area (Å²) in [4.78, 5) is 23.7. The van der Waals surface area contributed by atoms with E-state index in [1.807, 2.05) is 0 Å². The van der Waals surface area contributed by atoms with Gasteiger partial charge in [0.15, 0.2) is 0 Å². The van der Waals surface area contributed by atoms with Crippen LogP contribution < -0.4 is 5.32 Å². The molecule has 1 aliphatic heterocycles. The molecular formula is C17H24N2O5S. The molecule has 1 aromatic rings. The molecule has 7 nitrogen and oxygen atoms in total. The molecular weight excluding hydrogens is 344 g/mol. The molecule has 2 unspecified atom stereocenters. The number of rotatable bonds is 7. The third kappa shape index (κ3) is 4.58. The van der Waals surface area contributed by atoms with Gasteiger partial charge in [0, 0.05) is 12.2 Å². The number of carboxylic acids is 1. The number of aliphatic carboxylic acids is 1. The standard InChI is InChI=1S/C17H24N2O5S/c1-3-10-25(23,24)19-9-5-8-15(19)16(20)18-14-7-4-6-13(11-14)12(2)17(21)22/h4,6-7,11-12,15H,3,5,8-10H2,1-2H3,(H,18,20)(H,21,22). The third-order valence-electron chi connectivity index (χ3n) is 4.35. The Hall–Kier alpha value is -1.93. The van der Waals surface area contributed by atoms with Crippen LogP contribution in [-0.2, 0) is 19.6 Å². The van der Waals surface area contributed by atoms with E-state index < -0.39 is 28.0 Å². The van der Waals surface area contributed by atoms with Crippen molar-refractivity contribution in [1.82, 2.24) is 4.31 Å². The molecule has 2 N–H and O–H groups in total. The molecule has 0 radical (unpaired) electrons. The normalized spacial score (nSPS) is 19.5. The summed E-state index contributed by atoms with van der Waals surface area (Å²) in [5, 5.41) is 11.8. The van der Waals surface area contributed by atoms with Crippen molar-refractivity contribution in [1.29, 1.82) is 0 Å². The Kier molecular flexibility index (Phi) is 6.18. The van der Waals surface area contributed by atoms with Gasteiger partial charge in [-0.3, -0.25) is 9.59 Å². The predicted octanol–water partition coefficient (Wildman–Crippen LogP) is 2.02. The first kappa shape index (κ1) is 19.4. The number of nitrogens with one attached hydrogen (secondary N) is 1. The molecule has 0 bridgehead atoms. The molecule has 1 aromatic carbocycles. The summed E-state index contributed by atoms with van der Waals surface area (Å²) in [5.41, 5.74) is 1.04. The maximum Gasteiger partial charge on any atom is 0.310 e. The number of amides is 1. The van der Waals surface area contributed by atoms with E-state index in [0.29, 0.717) is 37.1 Å². The number of anilines is 1. The number of sulfonamides is 1. The number of nitrogens with zero attached hydrogens (tertiary/aromatic N) is 1. The molecule has 0 saturated carbocycles. The topological polar surface area (TPSA) is 104 Å². The smallest absolute Gasteiger partial charge is 0.310 e. The molecule has 0 spiro atoms. The number of benzene rings is 1. The molecule has 1 heterocycles. The van der Waals surface area contributed by atoms with E-state index in [0.717, 1.165) is 0 Å². The van der Waals surface area contributed by atoms with E-state index in [1.54, 1.807) is 38.1 Å². The van der Waals surface area contributed by atoms with Crippen LogP contribution in [0.15, 0.2) is 24.3 Å². The monoisotopic (exact) mass is 368 g/mol. The van der Waals surface area contributed by atoms with Crippen molar-refractivity contribution in [2.24, 2.45) is 0 Å². The molecule has 1 aliphatic rings. The van der Waals surface area contributed by atoms with Crippen molar-refractivity contribution in [2.75, 3.05) is 17.6 Å². The van der Waals surface area contributed by atoms with Crippen molar-refractivity contribution in [3.05, 3.63) is 29.8 Å². The minimum absolute atomic E-state index is 0.0302. The maximum absolute atomic E-state index is 12.6. The zero-order valence-corrected chi connectivity index (χ0v) is 15.3. The van der Waals surface area contributed by atoms with Crippen LogP contribution in [-0.4, -0.2) is 48.0 Å². The SMILES string of the molecule is CCCS(=O)(=O)N1CCCC1C(=O)Nc1cccc(C(C)C(=O)O)c1. The molecule has 1 saturated heterocycles. The molecule has 25 heavy (non-hydrogen) atoms. The second-order valence-corrected chi connectivity index (χ2v) is 8.30. The van der Waals surface area contributed by atoms with Gasteiger partial charge in [-0.2, -0.15) is 4.31 Å². The molecule has 0 aliphatic carbocycles. The third-order valence-corrected chi connectivity index (χ3v) is 6.43. The second-order valence-electron chi connectivity index (χ2n) is 6.26. The first-order valence-electron chi connectivity index (χ1n) is 8.39. The molecule has 138 valence electrons. The molecule has 1 amide bonds. The molecule has 1 fully saturated rings. The Labute approximate surface area is 148 Å². The first-order valence-corrected chi connectivity index (χ1v) is 10.0. The number of carbonyl (C=O) groups is 2. The summed E-state index contributed by atoms with van der Waals surface area (Å²) in [5.74, 6) is -1.99. The van der Waals surface area contributed by atoms with E-state index in [-0.39, 0.29) is 11.7 Å². The Morgan fingerprint density at radius 1 is 1.40 bits per heavy atom. The summed E-state index contributed by atoms with van der Waals surface area (Å²) in [7, 11) is -3.43. The number of hydrogen-bond acceptors (Lipinski definition) is 4. The average Bonchev–Trinajstić information content (AvgIpc) is 3.05. The summed E-state index contributed by atoms with van der Waals surface area (Å²) in [6, 6.07) is 5.91. The number of carbonyl (C=O) groups excluding carboxylic acids is 1. The molecule has 8 heteroatoms. The van der Waals surface area contributed by atoms with Crippen LogP contribution in [0.4, 0.5) is 5.69 Å². The average molecular weight is 368 g/mol. The predicted molar refractivity (Wildman–Crippen MR) is 94.9 cm³/mol. The number of carboxylic acid groups (broad SMARTS) is 1. The Morgan fingerprint density at radius 2 is 2.12 bits per heavy atom. The lowest BCUT2D eigenvalue weighted by Gasteiger charge is -2.23. The fourth-order valence-electron chi connectivity index (χ4n) is 2.96. The van der Waals surface area contributed by atoms with Crippen molar-refractivity contribution < 1.29 is 23.1 Å². The van der Waals surface area contributed by atoms with Gasteiger partial charge in [-0.1, -0.05) is 19.1 Å². The zero-order valence-electron chi connectivity index (χ0n) is 14.4. The summed E-state index contributed by atoms with van der Waals surface area (Å²) < 4.78 is 25.9. The Balaban J connectivity index is 2.14. The van der Waals surface area contributed by atoms with Gasteiger partial charge in [-0.25, -0.2) is 8.42 Å². The van der Waals surface area contributed by atoms with Gasteiger partial charge < -0.3 is 10.4 Å². The minimum atomic E-state index is -3.43. The van der Waals surface area contributed by atoms with Crippen LogP contribution in [0.5, 0.6) is 0 Å². The van der Waals surface area contributed by atoms with Crippen molar-refractivity contribution >= 4 is 27.6 Å². The first-order chi connectivity index (χ1) is 11.8. The summed E-state index contributed by atoms with van der Waals surface area (Å²) in [6.07, 6.45) is 1.64. The fraction of sp³-hybridized carbons (Fsp3) is 0.529. The molecule has 2 atom stereocenters. The van der Waals surface area contributed by atoms with Crippen LogP contribution in [0.25, 0.3) is 0 Å². The van der Waals surface area contributed by atoms with Crippen LogP contribution in [0.1, 0.15) is 44.6 Å². The van der Waals surface area contributed by atoms with Crippen LogP contribution in [0.2, 0.25) is 0 Å². The van der Waals surface area contributed by atoms with Gasteiger partial charge >= 0.3 is 5.97 Å². The fourth-order valence-corrected chi connectivity index (χ4v) is 4.71. The summed E-state index contributed by atoms with van der Waals surface area (Å²) in [6.45, 7) is 3.72. The second kappa shape index (κ2) is 7.97. The quantitative estimate of drug-likeness (QED) is 0.766. The van der Waals surface area contributed by atoms with Crippen molar-refractivity contribution in [3.63, 3.8) is 0 Å². The highest BCUT2D eigenvalue weighted by Gasteiger charge is 2.38. The summed E-state index contributed by atoms with van der Waals surface area (Å²) >= 11 is 0. The van der Waals surface area contributed by atoms with Gasteiger partial charge in [0.1, 0.15) is 6.04 Å². The highest BCUT2D eigenvalue weighted by molar-refractivity contribution is 7.89. The van der Waals surface area contributed by atoms with E-state index in [1.165, 1.54) is 4.31 Å². The molecule has 0 aromatic heterocycles. The van der Waals surface area contributed by atoms with Crippen molar-refractivity contribution in [3.8, 4) is 0 Å². The molecule has 2 rings (SSSR count). The Morgan fingerprint density at radius 3 is 2.76 bits per heavy atom. The van der Waals surface area contributed by atoms with Gasteiger partial charge in [0.2, 0.25) is 15.9 Å². The minimum Gasteiger partial charge on any atom is -0.481 e. The van der Waals surface area contributed by atoms with Gasteiger partial charge in [0.25, 0.3) is 0 Å².